The molecule has 2 fully saturated rings. The molecule has 5 aliphatic rings. The third kappa shape index (κ3) is 6.89. The number of carboxylic acid groups (broad SMARTS) is 1. The summed E-state index contributed by atoms with van der Waals surface area (Å²) in [4.78, 5) is 68.1. The highest BCUT2D eigenvalue weighted by Crippen LogP contribution is 2.67. The summed E-state index contributed by atoms with van der Waals surface area (Å²) in [5.41, 5.74) is 9.22. The molecular weight excluding hydrogens is 702 g/mol. The molecule has 0 saturated heterocycles. The smallest absolute Gasteiger partial charge is 0.414 e. The maximum absolute atomic E-state index is 13.7. The largest absolute Gasteiger partial charge is 0.493 e. The third-order valence-electron chi connectivity index (χ3n) is 11.8. The number of hydrogen-bond acceptors (Lipinski definition) is 10. The highest BCUT2D eigenvalue weighted by atomic mass is 16.6. The van der Waals surface area contributed by atoms with E-state index in [9.17, 15) is 29.1 Å². The fourth-order valence-corrected chi connectivity index (χ4v) is 9.29. The molecule has 2 bridgehead atoms. The molecule has 2 saturated carbocycles. The molecule has 54 heavy (non-hydrogen) atoms. The molecule has 1 heterocycles. The molecule has 1 spiro atoms. The van der Waals surface area contributed by atoms with Crippen LogP contribution in [0, 0.1) is 17.3 Å². The summed E-state index contributed by atoms with van der Waals surface area (Å²) in [6, 6.07) is 3.95. The summed E-state index contributed by atoms with van der Waals surface area (Å²) >= 11 is 0. The second kappa shape index (κ2) is 14.3. The number of aliphatic imine (C=N–C) groups is 1. The number of carbonyl (C=O) groups excluding carboxylic acids is 4. The Hall–Kier alpha value is -5.06. The van der Waals surface area contributed by atoms with Crippen molar-refractivity contribution in [1.82, 2.24) is 20.9 Å². The van der Waals surface area contributed by atoms with E-state index in [1.165, 1.54) is 4.90 Å². The lowest BCUT2D eigenvalue weighted by Gasteiger charge is -2.59. The van der Waals surface area contributed by atoms with E-state index in [0.717, 1.165) is 30.4 Å². The zero-order valence-corrected chi connectivity index (χ0v) is 31.2. The Morgan fingerprint density at radius 2 is 1.91 bits per heavy atom. The molecule has 4 amide bonds. The van der Waals surface area contributed by atoms with Crippen molar-refractivity contribution in [3.8, 4) is 11.5 Å². The number of amides is 4. The Labute approximate surface area is 313 Å². The lowest BCUT2D eigenvalue weighted by Crippen LogP contribution is -2.67. The van der Waals surface area contributed by atoms with Crippen LogP contribution in [0.4, 0.5) is 4.79 Å². The monoisotopic (exact) mass is 753 g/mol. The number of guanidine groups is 1. The van der Waals surface area contributed by atoms with E-state index < -0.39 is 70.8 Å². The number of benzene rings is 1. The van der Waals surface area contributed by atoms with Crippen molar-refractivity contribution >= 4 is 35.7 Å². The van der Waals surface area contributed by atoms with Gasteiger partial charge in [0.25, 0.3) is 0 Å². The first-order valence-electron chi connectivity index (χ1n) is 18.3. The molecule has 294 valence electrons. The second-order valence-electron chi connectivity index (χ2n) is 16.1. The van der Waals surface area contributed by atoms with Crippen LogP contribution < -0.4 is 36.9 Å². The number of rotatable bonds is 15. The van der Waals surface area contributed by atoms with Gasteiger partial charge in [-0.05, 0) is 73.5 Å². The number of carboxylic acids is 1. The Morgan fingerprint density at radius 1 is 1.15 bits per heavy atom. The fourth-order valence-electron chi connectivity index (χ4n) is 9.29. The van der Waals surface area contributed by atoms with Crippen LogP contribution in [0.3, 0.4) is 0 Å². The van der Waals surface area contributed by atoms with Crippen molar-refractivity contribution in [3.05, 3.63) is 35.1 Å². The minimum Gasteiger partial charge on any atom is -0.493 e. The molecule has 1 aliphatic heterocycles. The first kappa shape index (κ1) is 38.7. The van der Waals surface area contributed by atoms with Crippen LogP contribution in [0.2, 0.25) is 0 Å². The number of nitrogens with two attached hydrogens (primary N) is 2. The summed E-state index contributed by atoms with van der Waals surface area (Å²) in [7, 11) is 3.19. The van der Waals surface area contributed by atoms with E-state index >= 15 is 0 Å². The van der Waals surface area contributed by atoms with Gasteiger partial charge in [-0.2, -0.15) is 0 Å². The summed E-state index contributed by atoms with van der Waals surface area (Å²) in [6.07, 6.45) is 3.94. The van der Waals surface area contributed by atoms with Gasteiger partial charge in [0.15, 0.2) is 23.6 Å². The van der Waals surface area contributed by atoms with Gasteiger partial charge in [0.05, 0.1) is 24.7 Å². The van der Waals surface area contributed by atoms with Gasteiger partial charge in [-0.3, -0.25) is 24.2 Å². The summed E-state index contributed by atoms with van der Waals surface area (Å²) < 4.78 is 18.3. The second-order valence-corrected chi connectivity index (χ2v) is 16.1. The maximum Gasteiger partial charge on any atom is 0.414 e. The van der Waals surface area contributed by atoms with Gasteiger partial charge < -0.3 is 56.7 Å². The van der Waals surface area contributed by atoms with Gasteiger partial charge in [0.1, 0.15) is 17.7 Å². The minimum atomic E-state index is -1.34. The average Bonchev–Trinajstić information content (AvgIpc) is 3.66. The SMILES string of the molecule is COc1ccc2c3c1O[C@H]1C(OC(=O)N(C)CC(C)(C)CNC(=O)C4(NC(=O)CNC(=O)CC(=O)O)C[C@@H]4CCN=C(N)N)=CC[C@@]4(O)[C@H](CCC[C@]314)C2. The Kier molecular flexibility index (Phi) is 10.2. The average molecular weight is 754 g/mol. The normalized spacial score (nSPS) is 28.2. The maximum atomic E-state index is 13.7. The van der Waals surface area contributed by atoms with Crippen LogP contribution in [0.5, 0.6) is 11.5 Å². The molecule has 6 rings (SSSR count). The van der Waals surface area contributed by atoms with Crippen molar-refractivity contribution in [2.45, 2.75) is 87.9 Å². The number of ether oxygens (including phenoxy) is 3. The van der Waals surface area contributed by atoms with Crippen molar-refractivity contribution < 1.29 is 48.4 Å². The van der Waals surface area contributed by atoms with Crippen LogP contribution in [-0.2, 0) is 35.8 Å². The number of nitrogens with one attached hydrogen (secondary N) is 3. The standard InChI is InChI=1S/C37H51N7O10/c1-34(2,18-42-31(49)36(16-22(36)10-13-40-32(38)39)43-26(46)17-41-25(45)15-27(47)48)19-44(3)33(50)53-24-9-12-37(51)21-6-5-11-35(37)28-20(14-21)7-8-23(52-4)29(28)54-30(24)35/h7-9,21-22,30,51H,5-6,10-19H2,1-4H3,(H,41,45)(H,42,49)(H,43,46)(H,47,48)(H4,38,39,40)/t21-,22+,30+,35+,36?,37-/m1/s1. The lowest BCUT2D eigenvalue weighted by atomic mass is 9.47. The van der Waals surface area contributed by atoms with E-state index in [2.05, 4.69) is 27.0 Å². The van der Waals surface area contributed by atoms with Crippen molar-refractivity contribution in [2.24, 2.45) is 33.7 Å². The molecule has 0 aromatic heterocycles. The molecule has 6 atom stereocenters. The molecule has 1 aromatic rings. The Bertz CT molecular complexity index is 1790. The number of aliphatic hydroxyl groups is 1. The van der Waals surface area contributed by atoms with Gasteiger partial charge in [0, 0.05) is 32.2 Å². The number of hydrogen-bond donors (Lipinski definition) is 7. The van der Waals surface area contributed by atoms with E-state index in [1.807, 2.05) is 19.9 Å². The number of methoxy groups -OCH3 is 1. The van der Waals surface area contributed by atoms with E-state index in [1.54, 1.807) is 20.2 Å². The molecule has 4 aliphatic carbocycles. The summed E-state index contributed by atoms with van der Waals surface area (Å²) in [6.45, 7) is 3.78. The zero-order chi connectivity index (χ0) is 39.2. The van der Waals surface area contributed by atoms with Gasteiger partial charge >= 0.3 is 12.1 Å². The predicted molar refractivity (Wildman–Crippen MR) is 193 cm³/mol. The van der Waals surface area contributed by atoms with E-state index in [-0.39, 0.29) is 37.4 Å². The molecule has 17 heteroatoms. The number of carbonyl (C=O) groups is 5. The molecule has 1 aromatic carbocycles. The molecule has 0 radical (unpaired) electrons. The van der Waals surface area contributed by atoms with Gasteiger partial charge in [-0.25, -0.2) is 4.79 Å². The van der Waals surface area contributed by atoms with Crippen LogP contribution >= 0.6 is 0 Å². The third-order valence-corrected chi connectivity index (χ3v) is 11.8. The van der Waals surface area contributed by atoms with Crippen LogP contribution in [-0.4, -0.2) is 108 Å². The highest BCUT2D eigenvalue weighted by molar-refractivity contribution is 5.98. The Morgan fingerprint density at radius 3 is 2.61 bits per heavy atom. The van der Waals surface area contributed by atoms with Gasteiger partial charge in [0.2, 0.25) is 17.7 Å². The Balaban J connectivity index is 1.09. The summed E-state index contributed by atoms with van der Waals surface area (Å²) in [5.74, 6) is -2.12. The molecule has 9 N–H and O–H groups in total. The van der Waals surface area contributed by atoms with Crippen LogP contribution in [0.25, 0.3) is 0 Å². The topological polar surface area (TPSA) is 257 Å². The first-order chi connectivity index (χ1) is 25.5. The summed E-state index contributed by atoms with van der Waals surface area (Å²) in [5, 5.41) is 29.0. The van der Waals surface area contributed by atoms with Crippen LogP contribution in [0.15, 0.2) is 29.0 Å². The van der Waals surface area contributed by atoms with E-state index in [4.69, 9.17) is 30.8 Å². The zero-order valence-electron chi connectivity index (χ0n) is 31.2. The van der Waals surface area contributed by atoms with E-state index in [0.29, 0.717) is 42.9 Å². The number of aliphatic carboxylic acids is 1. The molecular formula is C37H51N7O10. The number of nitrogens with zero attached hydrogens (tertiary/aromatic N) is 2. The minimum absolute atomic E-state index is 0.0534. The lowest BCUT2D eigenvalue weighted by molar-refractivity contribution is -0.149. The van der Waals surface area contributed by atoms with Crippen molar-refractivity contribution in [1.29, 1.82) is 0 Å². The van der Waals surface area contributed by atoms with Crippen molar-refractivity contribution in [3.63, 3.8) is 0 Å². The van der Waals surface area contributed by atoms with Gasteiger partial charge in [-0.1, -0.05) is 26.3 Å². The van der Waals surface area contributed by atoms with Gasteiger partial charge in [-0.15, -0.1) is 0 Å². The fraction of sp³-hybridized carbons (Fsp3) is 0.622. The molecule has 1 unspecified atom stereocenters. The van der Waals surface area contributed by atoms with Crippen LogP contribution in [0.1, 0.15) is 69.9 Å². The predicted octanol–water partition coefficient (Wildman–Crippen LogP) is 0.409. The quantitative estimate of drug-likeness (QED) is 0.0730. The first-order valence-corrected chi connectivity index (χ1v) is 18.3. The van der Waals surface area contributed by atoms with Crippen molar-refractivity contribution in [2.75, 3.05) is 40.3 Å². The molecule has 17 nitrogen and oxygen atoms in total. The highest BCUT2D eigenvalue weighted by Gasteiger charge is 2.71.